The monoisotopic (exact) mass is 324 g/mol. The first-order valence-corrected chi connectivity index (χ1v) is 9.24. The van der Waals surface area contributed by atoms with Crippen molar-refractivity contribution in [2.24, 2.45) is 11.8 Å². The van der Waals surface area contributed by atoms with Crippen molar-refractivity contribution in [3.05, 3.63) is 30.3 Å². The van der Waals surface area contributed by atoms with Crippen LogP contribution in [0.1, 0.15) is 6.42 Å². The first-order chi connectivity index (χ1) is 10.5. The first-order valence-electron chi connectivity index (χ1n) is 7.80. The van der Waals surface area contributed by atoms with E-state index in [1.165, 1.54) is 0 Å². The Kier molecular flexibility index (Phi) is 4.54. The molecule has 0 spiro atoms. The van der Waals surface area contributed by atoms with Gasteiger partial charge in [-0.25, -0.2) is 8.42 Å². The van der Waals surface area contributed by atoms with Gasteiger partial charge in [0.05, 0.1) is 17.6 Å². The topological polar surface area (TPSA) is 49.9 Å². The van der Waals surface area contributed by atoms with Gasteiger partial charge in [0.2, 0.25) is 10.0 Å². The maximum Gasteiger partial charge on any atom is 0.243 e. The van der Waals surface area contributed by atoms with Gasteiger partial charge in [-0.1, -0.05) is 18.2 Å². The normalized spacial score (nSPS) is 29.7. The van der Waals surface area contributed by atoms with E-state index >= 15 is 0 Å². The van der Waals surface area contributed by atoms with Crippen molar-refractivity contribution >= 4 is 10.0 Å². The molecule has 2 aliphatic heterocycles. The molecule has 6 heteroatoms. The van der Waals surface area contributed by atoms with Gasteiger partial charge in [0.1, 0.15) is 0 Å². The Balaban J connectivity index is 1.71. The van der Waals surface area contributed by atoms with Crippen LogP contribution in [-0.4, -0.2) is 64.1 Å². The lowest BCUT2D eigenvalue weighted by atomic mass is 9.85. The fraction of sp³-hybridized carbons (Fsp3) is 0.625. The molecule has 2 aliphatic rings. The van der Waals surface area contributed by atoms with Gasteiger partial charge in [0.25, 0.3) is 0 Å². The molecule has 3 rings (SSSR count). The van der Waals surface area contributed by atoms with Crippen molar-refractivity contribution < 1.29 is 13.2 Å². The minimum Gasteiger partial charge on any atom is -0.376 e. The Bertz CT molecular complexity index is 603. The van der Waals surface area contributed by atoms with Gasteiger partial charge in [0.15, 0.2) is 0 Å². The van der Waals surface area contributed by atoms with Gasteiger partial charge in [-0.05, 0) is 38.6 Å². The summed E-state index contributed by atoms with van der Waals surface area (Å²) in [6.45, 7) is 2.74. The second kappa shape index (κ2) is 6.28. The summed E-state index contributed by atoms with van der Waals surface area (Å²) in [5.41, 5.74) is 0. The van der Waals surface area contributed by atoms with E-state index in [2.05, 4.69) is 4.90 Å². The zero-order chi connectivity index (χ0) is 15.7. The summed E-state index contributed by atoms with van der Waals surface area (Å²) in [5.74, 6) is 0.793. The van der Waals surface area contributed by atoms with Crippen LogP contribution in [0.25, 0.3) is 0 Å². The molecule has 1 aromatic rings. The SMILES string of the molecule is CN(C)C[C@@H]1OC[C@@H]2CN(S(=O)(=O)c3ccccc3)CC[C@@H]21. The zero-order valence-corrected chi connectivity index (χ0v) is 14.0. The van der Waals surface area contributed by atoms with Crippen molar-refractivity contribution in [1.29, 1.82) is 0 Å². The van der Waals surface area contributed by atoms with Gasteiger partial charge >= 0.3 is 0 Å². The third kappa shape index (κ3) is 3.06. The van der Waals surface area contributed by atoms with E-state index in [0.29, 0.717) is 36.4 Å². The molecule has 1 aromatic carbocycles. The van der Waals surface area contributed by atoms with E-state index in [1.807, 2.05) is 20.2 Å². The molecule has 2 heterocycles. The van der Waals surface area contributed by atoms with Crippen LogP contribution in [0.15, 0.2) is 35.2 Å². The van der Waals surface area contributed by atoms with Crippen LogP contribution < -0.4 is 0 Å². The van der Waals surface area contributed by atoms with E-state index in [4.69, 9.17) is 4.74 Å². The smallest absolute Gasteiger partial charge is 0.243 e. The summed E-state index contributed by atoms with van der Waals surface area (Å²) >= 11 is 0. The maximum atomic E-state index is 12.7. The Morgan fingerprint density at radius 1 is 1.27 bits per heavy atom. The summed E-state index contributed by atoms with van der Waals surface area (Å²) in [6, 6.07) is 8.71. The predicted molar refractivity (Wildman–Crippen MR) is 85.1 cm³/mol. The van der Waals surface area contributed by atoms with Gasteiger partial charge in [0, 0.05) is 25.6 Å². The molecule has 0 N–H and O–H groups in total. The van der Waals surface area contributed by atoms with E-state index in [0.717, 1.165) is 13.0 Å². The average molecular weight is 324 g/mol. The molecule has 22 heavy (non-hydrogen) atoms. The average Bonchev–Trinajstić information content (AvgIpc) is 2.90. The fourth-order valence-corrected chi connectivity index (χ4v) is 5.09. The summed E-state index contributed by atoms with van der Waals surface area (Å²) < 4.78 is 33.0. The van der Waals surface area contributed by atoms with E-state index in [-0.39, 0.29) is 6.10 Å². The van der Waals surface area contributed by atoms with Crippen molar-refractivity contribution in [3.63, 3.8) is 0 Å². The molecule has 2 saturated heterocycles. The number of ether oxygens (including phenoxy) is 1. The number of sulfonamides is 1. The molecule has 0 saturated carbocycles. The highest BCUT2D eigenvalue weighted by Crippen LogP contribution is 2.36. The highest BCUT2D eigenvalue weighted by atomic mass is 32.2. The molecule has 0 bridgehead atoms. The van der Waals surface area contributed by atoms with Crippen LogP contribution in [-0.2, 0) is 14.8 Å². The first kappa shape index (κ1) is 15.9. The molecule has 0 amide bonds. The van der Waals surface area contributed by atoms with Crippen LogP contribution in [0, 0.1) is 11.8 Å². The molecule has 0 radical (unpaired) electrons. The number of piperidine rings is 1. The number of fused-ring (bicyclic) bond motifs is 1. The fourth-order valence-electron chi connectivity index (χ4n) is 3.56. The lowest BCUT2D eigenvalue weighted by Gasteiger charge is -2.35. The molecule has 0 unspecified atom stereocenters. The van der Waals surface area contributed by atoms with Crippen LogP contribution in [0.2, 0.25) is 0 Å². The van der Waals surface area contributed by atoms with E-state index in [9.17, 15) is 8.42 Å². The highest BCUT2D eigenvalue weighted by molar-refractivity contribution is 7.89. The van der Waals surface area contributed by atoms with Crippen LogP contribution in [0.5, 0.6) is 0 Å². The zero-order valence-electron chi connectivity index (χ0n) is 13.2. The number of likely N-dealkylation sites (N-methyl/N-ethyl adjacent to an activating group) is 1. The minimum absolute atomic E-state index is 0.238. The second-order valence-electron chi connectivity index (χ2n) is 6.52. The number of benzene rings is 1. The van der Waals surface area contributed by atoms with Crippen LogP contribution in [0.4, 0.5) is 0 Å². The third-order valence-electron chi connectivity index (χ3n) is 4.68. The maximum absolute atomic E-state index is 12.7. The molecular formula is C16H24N2O3S. The largest absolute Gasteiger partial charge is 0.376 e. The number of hydrogen-bond acceptors (Lipinski definition) is 4. The van der Waals surface area contributed by atoms with Gasteiger partial charge in [-0.15, -0.1) is 0 Å². The number of nitrogens with zero attached hydrogens (tertiary/aromatic N) is 2. The lowest BCUT2D eigenvalue weighted by Crippen LogP contribution is -2.45. The third-order valence-corrected chi connectivity index (χ3v) is 6.56. The summed E-state index contributed by atoms with van der Waals surface area (Å²) in [4.78, 5) is 2.53. The molecule has 0 aliphatic carbocycles. The van der Waals surface area contributed by atoms with E-state index in [1.54, 1.807) is 28.6 Å². The Morgan fingerprint density at radius 2 is 2.00 bits per heavy atom. The van der Waals surface area contributed by atoms with Crippen LogP contribution >= 0.6 is 0 Å². The molecule has 122 valence electrons. The Hall–Kier alpha value is -0.950. The lowest BCUT2D eigenvalue weighted by molar-refractivity contribution is 0.0653. The standard InChI is InChI=1S/C16H24N2O3S/c1-17(2)11-16-15-8-9-18(10-13(15)12-21-16)22(19,20)14-6-4-3-5-7-14/h3-7,13,15-16H,8-12H2,1-2H3/t13-,15-,16-/m0/s1. The van der Waals surface area contributed by atoms with E-state index < -0.39 is 10.0 Å². The van der Waals surface area contributed by atoms with Crippen LogP contribution in [0.3, 0.4) is 0 Å². The van der Waals surface area contributed by atoms with Crippen molar-refractivity contribution in [3.8, 4) is 0 Å². The van der Waals surface area contributed by atoms with Crippen molar-refractivity contribution in [2.75, 3.05) is 40.3 Å². The van der Waals surface area contributed by atoms with Gasteiger partial charge < -0.3 is 9.64 Å². The molecular weight excluding hydrogens is 300 g/mol. The summed E-state index contributed by atoms with van der Waals surface area (Å²) in [6.07, 6.45) is 1.12. The number of rotatable bonds is 4. The van der Waals surface area contributed by atoms with Crippen molar-refractivity contribution in [2.45, 2.75) is 17.4 Å². The highest BCUT2D eigenvalue weighted by Gasteiger charge is 2.43. The Labute approximate surface area is 132 Å². The second-order valence-corrected chi connectivity index (χ2v) is 8.46. The predicted octanol–water partition coefficient (Wildman–Crippen LogP) is 1.27. The minimum atomic E-state index is -3.37. The molecule has 3 atom stereocenters. The molecule has 5 nitrogen and oxygen atoms in total. The quantitative estimate of drug-likeness (QED) is 0.837. The molecule has 0 aromatic heterocycles. The van der Waals surface area contributed by atoms with Gasteiger partial charge in [-0.3, -0.25) is 0 Å². The van der Waals surface area contributed by atoms with Gasteiger partial charge in [-0.2, -0.15) is 4.31 Å². The Morgan fingerprint density at radius 3 is 2.68 bits per heavy atom. The molecule has 2 fully saturated rings. The summed E-state index contributed by atoms with van der Waals surface area (Å²) in [7, 11) is 0.721. The van der Waals surface area contributed by atoms with Crippen molar-refractivity contribution in [1.82, 2.24) is 9.21 Å². The number of hydrogen-bond donors (Lipinski definition) is 0. The summed E-state index contributed by atoms with van der Waals surface area (Å²) in [5, 5.41) is 0.